The number of aromatic nitrogens is 5. The van der Waals surface area contributed by atoms with E-state index in [0.29, 0.717) is 0 Å². The zero-order valence-electron chi connectivity index (χ0n) is 19.8. The zero-order valence-corrected chi connectivity index (χ0v) is 22.2. The summed E-state index contributed by atoms with van der Waals surface area (Å²) in [6.07, 6.45) is -7.40. The fourth-order valence-corrected chi connectivity index (χ4v) is 4.37. The summed E-state index contributed by atoms with van der Waals surface area (Å²) in [5.74, 6) is -2.79. The Kier molecular flexibility index (Phi) is 8.17. The molecule has 0 radical (unpaired) electrons. The molecule has 206 valence electrons. The minimum absolute atomic E-state index is 0.00311. The average Bonchev–Trinajstić information content (AvgIpc) is 3.43. The molecular formula is C20H22Cl2F3N7O5P+. The van der Waals surface area contributed by atoms with E-state index in [9.17, 15) is 27.6 Å². The number of pyridine rings is 1. The van der Waals surface area contributed by atoms with Gasteiger partial charge in [0, 0.05) is 42.8 Å². The largest absolute Gasteiger partial charge is 0.471 e. The molecule has 1 unspecified atom stereocenters. The molecule has 4 heterocycles. The maximum Gasteiger partial charge on any atom is 0.471 e. The van der Waals surface area contributed by atoms with E-state index >= 15 is 0 Å². The van der Waals surface area contributed by atoms with Crippen molar-refractivity contribution in [2.24, 2.45) is 0 Å². The minimum Gasteiger partial charge on any atom is -0.390 e. The molecule has 1 aliphatic heterocycles. The van der Waals surface area contributed by atoms with Gasteiger partial charge in [0.1, 0.15) is 12.3 Å². The van der Waals surface area contributed by atoms with Crippen LogP contribution in [-0.2, 0) is 18.6 Å². The number of rotatable bonds is 8. The lowest BCUT2D eigenvalue weighted by molar-refractivity contribution is -0.598. The molecule has 12 nitrogen and oxygen atoms in total. The van der Waals surface area contributed by atoms with Crippen LogP contribution < -0.4 is 14.8 Å². The number of anilines is 2. The lowest BCUT2D eigenvalue weighted by atomic mass is 10.2. The monoisotopic (exact) mass is 598 g/mol. The molecule has 1 aliphatic rings. The number of imidazole rings is 1. The number of ether oxygens (including phenoxy) is 1. The predicted octanol–water partition coefficient (Wildman–Crippen LogP) is 3.31. The Hall–Kier alpha value is -2.55. The summed E-state index contributed by atoms with van der Waals surface area (Å²) in [4.78, 5) is 26.1. The summed E-state index contributed by atoms with van der Waals surface area (Å²) in [6, 6.07) is 3.55. The second-order valence-electron chi connectivity index (χ2n) is 8.27. The lowest BCUT2D eigenvalue weighted by Gasteiger charge is -2.16. The molecule has 0 aromatic carbocycles. The molecule has 1 fully saturated rings. The van der Waals surface area contributed by atoms with Crippen molar-refractivity contribution in [2.45, 2.75) is 38.0 Å². The molecule has 38 heavy (non-hydrogen) atoms. The molecule has 0 spiro atoms. The number of amides is 1. The molecule has 4 rings (SSSR count). The number of fused-ring (bicyclic) bond motifs is 1. The van der Waals surface area contributed by atoms with Gasteiger partial charge < -0.3 is 19.3 Å². The lowest BCUT2D eigenvalue weighted by Crippen LogP contribution is -2.34. The van der Waals surface area contributed by atoms with Gasteiger partial charge in [0.15, 0.2) is 5.65 Å². The van der Waals surface area contributed by atoms with Crippen LogP contribution in [0.15, 0.2) is 30.9 Å². The summed E-state index contributed by atoms with van der Waals surface area (Å²) in [5.41, 5.74) is 1.08. The Bertz CT molecular complexity index is 1370. The maximum atomic E-state index is 12.9. The molecule has 0 bridgehead atoms. The third-order valence-corrected chi connectivity index (χ3v) is 6.80. The van der Waals surface area contributed by atoms with Crippen LogP contribution in [0.5, 0.6) is 0 Å². The van der Waals surface area contributed by atoms with Gasteiger partial charge in [-0.15, -0.1) is 0 Å². The number of hydrogen-bond donors (Lipinski definition) is 2. The van der Waals surface area contributed by atoms with E-state index < -0.39 is 42.5 Å². The van der Waals surface area contributed by atoms with Gasteiger partial charge in [-0.1, -0.05) is 0 Å². The Morgan fingerprint density at radius 1 is 1.37 bits per heavy atom. The maximum absolute atomic E-state index is 12.9. The Morgan fingerprint density at radius 2 is 2.05 bits per heavy atom. The number of hydrogen-bond acceptors (Lipinski definition) is 9. The summed E-state index contributed by atoms with van der Waals surface area (Å²) < 4.78 is 63.7. The molecule has 2 N–H and O–H groups in total. The van der Waals surface area contributed by atoms with Crippen molar-refractivity contribution in [3.05, 3.63) is 30.9 Å². The molecule has 3 aromatic heterocycles. The number of nitrogens with one attached hydrogen (secondary N) is 1. The number of aliphatic hydroxyl groups is 1. The quantitative estimate of drug-likeness (QED) is 0.295. The Balaban J connectivity index is 1.74. The summed E-state index contributed by atoms with van der Waals surface area (Å²) in [7, 11) is 1.89. The highest BCUT2D eigenvalue weighted by atomic mass is 35.9. The third kappa shape index (κ3) is 6.35. The standard InChI is InChI=1S/C20H21Cl2F3N7O5P/c1-3-30(2)11-4-6-31(7-5-11)16-15-17(28-19(27-16)29-18(34)20(23,24)25)32(10-26-15)14-8-12(33)13(37-14)9-36-38(21,22)35/h4-7,10,12-14,33H,3,8-9H2,1-2H3/p+1/t12?,13-,14-/m1/s1. The first kappa shape index (κ1) is 28.5. The summed E-state index contributed by atoms with van der Waals surface area (Å²) >= 11 is 10.8. The molecule has 18 heteroatoms. The first-order chi connectivity index (χ1) is 17.8. The molecule has 1 amide bonds. The number of aliphatic hydroxyl groups excluding tert-OH is 1. The van der Waals surface area contributed by atoms with E-state index in [4.69, 9.17) is 31.7 Å². The van der Waals surface area contributed by atoms with Crippen LogP contribution in [0.1, 0.15) is 19.6 Å². The van der Waals surface area contributed by atoms with Crippen LogP contribution in [0.3, 0.4) is 0 Å². The highest BCUT2D eigenvalue weighted by Gasteiger charge is 2.41. The van der Waals surface area contributed by atoms with Crippen LogP contribution in [0.25, 0.3) is 17.0 Å². The van der Waals surface area contributed by atoms with Crippen molar-refractivity contribution < 1.29 is 41.5 Å². The molecule has 0 saturated carbocycles. The van der Waals surface area contributed by atoms with E-state index in [0.717, 1.165) is 12.2 Å². The van der Waals surface area contributed by atoms with Crippen molar-refractivity contribution in [3.63, 3.8) is 0 Å². The van der Waals surface area contributed by atoms with Crippen LogP contribution in [0.2, 0.25) is 0 Å². The molecule has 3 aromatic rings. The molecule has 3 atom stereocenters. The second kappa shape index (κ2) is 10.9. The van der Waals surface area contributed by atoms with Crippen molar-refractivity contribution in [2.75, 3.05) is 30.4 Å². The van der Waals surface area contributed by atoms with Crippen LogP contribution in [0, 0.1) is 0 Å². The number of carbonyl (C=O) groups is 1. The highest BCUT2D eigenvalue weighted by molar-refractivity contribution is 8.05. The number of carbonyl (C=O) groups excluding carboxylic acids is 1. The fourth-order valence-electron chi connectivity index (χ4n) is 3.71. The van der Waals surface area contributed by atoms with E-state index in [1.807, 2.05) is 18.9 Å². The fraction of sp³-hybridized carbons (Fsp3) is 0.450. The van der Waals surface area contributed by atoms with Crippen molar-refractivity contribution in [3.8, 4) is 5.82 Å². The second-order valence-corrected chi connectivity index (χ2v) is 12.5. The summed E-state index contributed by atoms with van der Waals surface area (Å²) in [6.45, 7) is 2.34. The smallest absolute Gasteiger partial charge is 0.390 e. The first-order valence-electron chi connectivity index (χ1n) is 11.1. The van der Waals surface area contributed by atoms with Gasteiger partial charge in [0.25, 0.3) is 0 Å². The number of alkyl halides is 3. The average molecular weight is 599 g/mol. The van der Waals surface area contributed by atoms with Gasteiger partial charge in [0.2, 0.25) is 5.52 Å². The third-order valence-electron chi connectivity index (χ3n) is 5.76. The van der Waals surface area contributed by atoms with Crippen LogP contribution >= 0.6 is 28.6 Å². The van der Waals surface area contributed by atoms with E-state index in [1.54, 1.807) is 29.8 Å². The Labute approximate surface area is 223 Å². The number of nitrogens with zero attached hydrogens (tertiary/aromatic N) is 6. The van der Waals surface area contributed by atoms with Gasteiger partial charge in [-0.25, -0.2) is 9.55 Å². The molecule has 1 saturated heterocycles. The van der Waals surface area contributed by atoms with Crippen molar-refractivity contribution >= 4 is 57.3 Å². The van der Waals surface area contributed by atoms with Gasteiger partial charge in [-0.2, -0.15) is 18.2 Å². The normalized spacial score (nSPS) is 20.2. The first-order valence-corrected chi connectivity index (χ1v) is 14.5. The van der Waals surface area contributed by atoms with Crippen LogP contribution in [0.4, 0.5) is 24.8 Å². The zero-order chi connectivity index (χ0) is 27.8. The SMILES string of the molecule is CCN(C)c1cc[n+](-c2nc(NC(=O)C(F)(F)F)nc3c2ncn3[C@H]2CC(O)[C@@H](COP(=O)(Cl)Cl)O2)cc1. The van der Waals surface area contributed by atoms with Crippen molar-refractivity contribution in [1.29, 1.82) is 0 Å². The van der Waals surface area contributed by atoms with Crippen molar-refractivity contribution in [1.82, 2.24) is 19.5 Å². The topological polar surface area (TPSA) is 136 Å². The highest BCUT2D eigenvalue weighted by Crippen LogP contribution is 2.57. The van der Waals surface area contributed by atoms with E-state index in [-0.39, 0.29) is 30.0 Å². The minimum atomic E-state index is -5.17. The summed E-state index contributed by atoms with van der Waals surface area (Å²) in [5, 5.41) is 12.0. The molecule has 0 aliphatic carbocycles. The Morgan fingerprint density at radius 3 is 2.66 bits per heavy atom. The van der Waals surface area contributed by atoms with E-state index in [2.05, 4.69) is 15.0 Å². The van der Waals surface area contributed by atoms with Gasteiger partial charge in [-0.3, -0.25) is 19.2 Å². The van der Waals surface area contributed by atoms with Gasteiger partial charge >= 0.3 is 29.9 Å². The number of halogens is 5. The van der Waals surface area contributed by atoms with E-state index in [1.165, 1.54) is 15.5 Å². The van der Waals surface area contributed by atoms with Gasteiger partial charge in [0.05, 0.1) is 31.4 Å². The predicted molar refractivity (Wildman–Crippen MR) is 130 cm³/mol. The molecular weight excluding hydrogens is 577 g/mol. The van der Waals surface area contributed by atoms with Gasteiger partial charge in [-0.05, 0) is 29.4 Å². The van der Waals surface area contributed by atoms with Crippen LogP contribution in [-0.4, -0.2) is 69.1 Å².